The number of rotatable bonds is 6. The van der Waals surface area contributed by atoms with E-state index in [1.54, 1.807) is 18.5 Å². The van der Waals surface area contributed by atoms with Crippen LogP contribution < -0.4 is 11.1 Å². The number of hydrogen-bond donors (Lipinski definition) is 2. The number of nitrogen functional groups attached to an aromatic ring is 1. The lowest BCUT2D eigenvalue weighted by Crippen LogP contribution is -2.40. The number of fused-ring (bicyclic) bond motifs is 3. The fourth-order valence-corrected chi connectivity index (χ4v) is 4.44. The van der Waals surface area contributed by atoms with Crippen molar-refractivity contribution in [3.8, 4) is 11.6 Å². The zero-order valence-corrected chi connectivity index (χ0v) is 18.1. The number of nitrogens with zero attached hydrogens (tertiary/aromatic N) is 7. The maximum Gasteiger partial charge on any atom is 0.225 e. The molecule has 0 bridgehead atoms. The molecule has 0 aliphatic carbocycles. The highest BCUT2D eigenvalue weighted by Gasteiger charge is 2.20. The van der Waals surface area contributed by atoms with Crippen molar-refractivity contribution in [2.75, 3.05) is 30.7 Å². The van der Waals surface area contributed by atoms with E-state index in [0.717, 1.165) is 50.1 Å². The van der Waals surface area contributed by atoms with Crippen LogP contribution in [0.15, 0.2) is 59.3 Å². The van der Waals surface area contributed by atoms with Gasteiger partial charge in [-0.2, -0.15) is 14.6 Å². The molecule has 33 heavy (non-hydrogen) atoms. The first-order valence-corrected chi connectivity index (χ1v) is 11.2. The summed E-state index contributed by atoms with van der Waals surface area (Å²) in [6.07, 6.45) is 5.62. The Balaban J connectivity index is 1.14. The van der Waals surface area contributed by atoms with Gasteiger partial charge in [0.25, 0.3) is 0 Å². The molecular weight excluding hydrogens is 418 g/mol. The van der Waals surface area contributed by atoms with E-state index in [1.807, 2.05) is 16.8 Å². The highest BCUT2D eigenvalue weighted by atomic mass is 16.3. The monoisotopic (exact) mass is 443 g/mol. The highest BCUT2D eigenvalue weighted by molar-refractivity contribution is 5.90. The molecule has 5 heterocycles. The van der Waals surface area contributed by atoms with Crippen molar-refractivity contribution >= 4 is 28.3 Å². The van der Waals surface area contributed by atoms with Crippen LogP contribution in [0.5, 0.6) is 0 Å². The van der Waals surface area contributed by atoms with Gasteiger partial charge in [-0.3, -0.25) is 0 Å². The fraction of sp³-hybridized carbons (Fsp3) is 0.304. The molecular formula is C23H25N9O. The molecule has 10 heteroatoms. The Kier molecular flexibility index (Phi) is 4.91. The van der Waals surface area contributed by atoms with Gasteiger partial charge in [0, 0.05) is 31.4 Å². The second kappa shape index (κ2) is 8.21. The molecule has 4 aromatic heterocycles. The largest absolute Gasteiger partial charge is 0.461 e. The highest BCUT2D eigenvalue weighted by Crippen LogP contribution is 2.23. The number of nitrogens with two attached hydrogens (primary N) is 1. The first-order valence-electron chi connectivity index (χ1n) is 11.2. The van der Waals surface area contributed by atoms with Gasteiger partial charge < -0.3 is 20.4 Å². The molecule has 168 valence electrons. The van der Waals surface area contributed by atoms with Crippen LogP contribution in [0.2, 0.25) is 0 Å². The Morgan fingerprint density at radius 1 is 1.00 bits per heavy atom. The van der Waals surface area contributed by atoms with Crippen molar-refractivity contribution in [2.24, 2.45) is 0 Å². The van der Waals surface area contributed by atoms with Crippen LogP contribution >= 0.6 is 0 Å². The smallest absolute Gasteiger partial charge is 0.225 e. The van der Waals surface area contributed by atoms with E-state index in [0.29, 0.717) is 23.3 Å². The van der Waals surface area contributed by atoms with Crippen LogP contribution in [0.3, 0.4) is 0 Å². The van der Waals surface area contributed by atoms with E-state index < -0.39 is 0 Å². The maximum absolute atomic E-state index is 6.19. The summed E-state index contributed by atoms with van der Waals surface area (Å²) in [5, 5.41) is 13.5. The fourth-order valence-electron chi connectivity index (χ4n) is 4.44. The summed E-state index contributed by atoms with van der Waals surface area (Å²) in [7, 11) is 0. The number of likely N-dealkylation sites (tertiary alicyclic amines) is 1. The van der Waals surface area contributed by atoms with Gasteiger partial charge in [0.1, 0.15) is 0 Å². The first kappa shape index (κ1) is 19.7. The summed E-state index contributed by atoms with van der Waals surface area (Å²) < 4.78 is 8.86. The van der Waals surface area contributed by atoms with E-state index in [1.165, 1.54) is 10.2 Å². The number of furan rings is 1. The summed E-state index contributed by atoms with van der Waals surface area (Å²) in [5.74, 6) is 1.34. The quantitative estimate of drug-likeness (QED) is 0.412. The van der Waals surface area contributed by atoms with Crippen molar-refractivity contribution in [1.82, 2.24) is 34.3 Å². The van der Waals surface area contributed by atoms with Crippen molar-refractivity contribution in [1.29, 1.82) is 0 Å². The minimum absolute atomic E-state index is 0.275. The Morgan fingerprint density at radius 3 is 2.64 bits per heavy atom. The van der Waals surface area contributed by atoms with Crippen molar-refractivity contribution in [3.63, 3.8) is 0 Å². The van der Waals surface area contributed by atoms with Gasteiger partial charge >= 0.3 is 0 Å². The third kappa shape index (κ3) is 3.78. The molecule has 6 rings (SSSR count). The van der Waals surface area contributed by atoms with Crippen LogP contribution in [0.1, 0.15) is 12.8 Å². The number of hydrogen-bond acceptors (Lipinski definition) is 8. The van der Waals surface area contributed by atoms with Crippen molar-refractivity contribution < 1.29 is 4.42 Å². The SMILES string of the molecule is Nc1nc2c(cnn2CCN2CCC(Nc3ccccc3)CC2)c2nc(-c3ccco3)nn12. The predicted molar refractivity (Wildman–Crippen MR) is 126 cm³/mol. The van der Waals surface area contributed by atoms with E-state index in [2.05, 4.69) is 54.6 Å². The molecule has 0 unspecified atom stereocenters. The molecule has 1 aliphatic heterocycles. The van der Waals surface area contributed by atoms with Crippen LogP contribution in [0, 0.1) is 0 Å². The van der Waals surface area contributed by atoms with Gasteiger partial charge in [-0.25, -0.2) is 9.67 Å². The maximum atomic E-state index is 6.19. The Hall–Kier alpha value is -3.92. The normalized spacial score (nSPS) is 15.5. The number of aromatic nitrogens is 6. The molecule has 1 aromatic carbocycles. The molecule has 0 radical (unpaired) electrons. The second-order valence-electron chi connectivity index (χ2n) is 8.35. The lowest BCUT2D eigenvalue weighted by molar-refractivity contribution is 0.210. The molecule has 3 N–H and O–H groups in total. The van der Waals surface area contributed by atoms with E-state index in [-0.39, 0.29) is 5.95 Å². The molecule has 0 spiro atoms. The summed E-state index contributed by atoms with van der Waals surface area (Å²) >= 11 is 0. The van der Waals surface area contributed by atoms with Crippen LogP contribution in [-0.4, -0.2) is 59.9 Å². The van der Waals surface area contributed by atoms with Gasteiger partial charge in [0.2, 0.25) is 11.8 Å². The number of piperidine rings is 1. The zero-order valence-electron chi connectivity index (χ0n) is 18.1. The summed E-state index contributed by atoms with van der Waals surface area (Å²) in [4.78, 5) is 11.7. The molecule has 0 saturated carbocycles. The van der Waals surface area contributed by atoms with Crippen molar-refractivity contribution in [3.05, 3.63) is 54.9 Å². The van der Waals surface area contributed by atoms with Crippen LogP contribution in [0.25, 0.3) is 28.3 Å². The standard InChI is InChI=1S/C23H25N9O/c24-23-28-21-18(22-27-20(29-32(22)23)19-7-4-14-33-19)15-25-31(21)13-12-30-10-8-17(9-11-30)26-16-5-2-1-3-6-16/h1-7,14-15,17,26H,8-13H2,(H2,24,28). The molecule has 5 aromatic rings. The third-order valence-electron chi connectivity index (χ3n) is 6.20. The van der Waals surface area contributed by atoms with Gasteiger partial charge in [-0.1, -0.05) is 18.2 Å². The summed E-state index contributed by atoms with van der Waals surface area (Å²) in [6.45, 7) is 3.76. The van der Waals surface area contributed by atoms with E-state index >= 15 is 0 Å². The van der Waals surface area contributed by atoms with Gasteiger partial charge in [-0.15, -0.1) is 5.10 Å². The molecule has 1 aliphatic rings. The van der Waals surface area contributed by atoms with Crippen LogP contribution in [0.4, 0.5) is 11.6 Å². The lowest BCUT2D eigenvalue weighted by atomic mass is 10.0. The summed E-state index contributed by atoms with van der Waals surface area (Å²) in [5.41, 5.74) is 8.74. The number of nitrogens with one attached hydrogen (secondary N) is 1. The molecule has 0 atom stereocenters. The van der Waals surface area contributed by atoms with Gasteiger partial charge in [0.15, 0.2) is 17.1 Å². The number of anilines is 2. The Morgan fingerprint density at radius 2 is 1.85 bits per heavy atom. The van der Waals surface area contributed by atoms with Crippen molar-refractivity contribution in [2.45, 2.75) is 25.4 Å². The predicted octanol–water partition coefficient (Wildman–Crippen LogP) is 2.89. The third-order valence-corrected chi connectivity index (χ3v) is 6.20. The molecule has 1 fully saturated rings. The minimum atomic E-state index is 0.275. The number of benzene rings is 1. The number of para-hydroxylation sites is 1. The molecule has 10 nitrogen and oxygen atoms in total. The first-order chi connectivity index (χ1) is 16.2. The lowest BCUT2D eigenvalue weighted by Gasteiger charge is -2.32. The molecule has 0 amide bonds. The Bertz CT molecular complexity index is 1370. The zero-order chi connectivity index (χ0) is 22.2. The van der Waals surface area contributed by atoms with Gasteiger partial charge in [-0.05, 0) is 37.1 Å². The van der Waals surface area contributed by atoms with E-state index in [9.17, 15) is 0 Å². The molecule has 1 saturated heterocycles. The Labute approximate surface area is 190 Å². The topological polar surface area (TPSA) is 115 Å². The van der Waals surface area contributed by atoms with E-state index in [4.69, 9.17) is 10.2 Å². The average Bonchev–Trinajstić information content (AvgIpc) is 3.59. The second-order valence-corrected chi connectivity index (χ2v) is 8.35. The summed E-state index contributed by atoms with van der Waals surface area (Å²) in [6, 6.07) is 14.6. The minimum Gasteiger partial charge on any atom is -0.461 e. The van der Waals surface area contributed by atoms with Gasteiger partial charge in [0.05, 0.1) is 24.4 Å². The van der Waals surface area contributed by atoms with Crippen LogP contribution in [-0.2, 0) is 6.54 Å². The average molecular weight is 444 g/mol.